The van der Waals surface area contributed by atoms with Crippen molar-refractivity contribution in [3.05, 3.63) is 0 Å². The number of carbonyl (C=O) groups is 2. The van der Waals surface area contributed by atoms with Gasteiger partial charge in [-0.3, -0.25) is 9.59 Å². The molecule has 68 valence electrons. The number of ether oxygens (including phenoxy) is 1. The molecule has 1 aliphatic heterocycles. The van der Waals surface area contributed by atoms with E-state index in [1.54, 1.807) is 11.9 Å². The summed E-state index contributed by atoms with van der Waals surface area (Å²) in [6.45, 7) is 1.27. The predicted molar refractivity (Wildman–Crippen MR) is 41.4 cm³/mol. The van der Waals surface area contributed by atoms with Crippen LogP contribution in [0.1, 0.15) is 0 Å². The van der Waals surface area contributed by atoms with Gasteiger partial charge in [0.1, 0.15) is 0 Å². The van der Waals surface area contributed by atoms with Gasteiger partial charge in [-0.1, -0.05) is 0 Å². The summed E-state index contributed by atoms with van der Waals surface area (Å²) in [4.78, 5) is 22.7. The van der Waals surface area contributed by atoms with E-state index in [9.17, 15) is 9.59 Å². The highest BCUT2D eigenvalue weighted by Crippen LogP contribution is 2.07. The van der Waals surface area contributed by atoms with E-state index in [0.29, 0.717) is 19.6 Å². The van der Waals surface area contributed by atoms with Crippen LogP contribution in [0, 0.1) is 0 Å². The average Bonchev–Trinajstić information content (AvgIpc) is 1.96. The molecule has 1 saturated heterocycles. The number of likely N-dealkylation sites (N-methyl/N-ethyl adjacent to an activating group) is 1. The van der Waals surface area contributed by atoms with Crippen LogP contribution >= 0.6 is 0 Å². The quantitative estimate of drug-likeness (QED) is 0.530. The number of hydrogen-bond donors (Lipinski definition) is 1. The highest BCUT2D eigenvalue weighted by Gasteiger charge is 2.25. The van der Waals surface area contributed by atoms with E-state index in [1.165, 1.54) is 0 Å². The van der Waals surface area contributed by atoms with Crippen molar-refractivity contribution in [3.63, 3.8) is 0 Å². The van der Waals surface area contributed by atoms with Crippen molar-refractivity contribution in [2.45, 2.75) is 6.04 Å². The number of rotatable bonds is 4. The number of carbonyl (C=O) groups excluding carboxylic acids is 2. The first-order valence-corrected chi connectivity index (χ1v) is 3.76. The van der Waals surface area contributed by atoms with Gasteiger partial charge in [0.15, 0.2) is 0 Å². The van der Waals surface area contributed by atoms with Crippen LogP contribution in [0.25, 0.3) is 0 Å². The third-order valence-corrected chi connectivity index (χ3v) is 1.90. The van der Waals surface area contributed by atoms with Crippen molar-refractivity contribution in [2.24, 2.45) is 0 Å². The lowest BCUT2D eigenvalue weighted by atomic mass is 10.2. The Labute approximate surface area is 70.7 Å². The fourth-order valence-electron chi connectivity index (χ4n) is 0.904. The molecule has 5 nitrogen and oxygen atoms in total. The van der Waals surface area contributed by atoms with Crippen LogP contribution in [0.2, 0.25) is 0 Å². The summed E-state index contributed by atoms with van der Waals surface area (Å²) in [7, 11) is 1.71. The zero-order chi connectivity index (χ0) is 8.97. The van der Waals surface area contributed by atoms with Gasteiger partial charge in [0.2, 0.25) is 12.3 Å². The summed E-state index contributed by atoms with van der Waals surface area (Å²) < 4.78 is 4.93. The van der Waals surface area contributed by atoms with E-state index < -0.39 is 0 Å². The molecule has 1 N–H and O–H groups in total. The third-order valence-electron chi connectivity index (χ3n) is 1.90. The number of nitrogens with one attached hydrogen (secondary N) is 1. The van der Waals surface area contributed by atoms with E-state index in [-0.39, 0.29) is 18.5 Å². The minimum Gasteiger partial charge on any atom is -0.377 e. The Morgan fingerprint density at radius 3 is 2.83 bits per heavy atom. The van der Waals surface area contributed by atoms with Crippen molar-refractivity contribution < 1.29 is 14.3 Å². The van der Waals surface area contributed by atoms with Crippen molar-refractivity contribution in [1.29, 1.82) is 0 Å². The molecule has 5 heteroatoms. The largest absolute Gasteiger partial charge is 0.377 e. The molecular weight excluding hydrogens is 160 g/mol. The van der Waals surface area contributed by atoms with Gasteiger partial charge in [0.05, 0.1) is 25.8 Å². The second-order valence-electron chi connectivity index (χ2n) is 2.69. The highest BCUT2D eigenvalue weighted by molar-refractivity contribution is 5.80. The van der Waals surface area contributed by atoms with Gasteiger partial charge in [0, 0.05) is 7.05 Å². The van der Waals surface area contributed by atoms with E-state index >= 15 is 0 Å². The maximum atomic E-state index is 11.2. The zero-order valence-electron chi connectivity index (χ0n) is 6.95. The molecular formula is C7H12N2O3. The predicted octanol–water partition coefficient (Wildman–Crippen LogP) is -1.41. The fraction of sp³-hybridized carbons (Fsp3) is 0.714. The second kappa shape index (κ2) is 4.06. The summed E-state index contributed by atoms with van der Waals surface area (Å²) in [6, 6.07) is 0.186. The minimum absolute atomic E-state index is 0.0660. The Morgan fingerprint density at radius 2 is 2.42 bits per heavy atom. The Hall–Kier alpha value is -1.10. The van der Waals surface area contributed by atoms with Crippen molar-refractivity contribution in [2.75, 3.05) is 26.8 Å². The van der Waals surface area contributed by atoms with Gasteiger partial charge in [-0.2, -0.15) is 0 Å². The maximum Gasteiger partial charge on any atom is 0.242 e. The number of amides is 2. The molecule has 1 rings (SSSR count). The summed E-state index contributed by atoms with van der Waals surface area (Å²) in [5, 5.41) is 2.32. The van der Waals surface area contributed by atoms with Crippen LogP contribution < -0.4 is 5.32 Å². The molecule has 2 amide bonds. The molecule has 0 aromatic heterocycles. The first-order valence-electron chi connectivity index (χ1n) is 3.76. The van der Waals surface area contributed by atoms with E-state index in [0.717, 1.165) is 0 Å². The van der Waals surface area contributed by atoms with Gasteiger partial charge in [-0.15, -0.1) is 0 Å². The highest BCUT2D eigenvalue weighted by atomic mass is 16.5. The fourth-order valence-corrected chi connectivity index (χ4v) is 0.904. The first kappa shape index (κ1) is 8.99. The minimum atomic E-state index is -0.0876. The molecule has 1 heterocycles. The Bertz CT molecular complexity index is 179. The molecule has 0 saturated carbocycles. The van der Waals surface area contributed by atoms with Crippen molar-refractivity contribution >= 4 is 12.3 Å². The Balaban J connectivity index is 2.24. The van der Waals surface area contributed by atoms with Crippen molar-refractivity contribution in [1.82, 2.24) is 10.2 Å². The summed E-state index contributed by atoms with van der Waals surface area (Å²) in [6.07, 6.45) is 0.517. The van der Waals surface area contributed by atoms with Gasteiger partial charge in [0.25, 0.3) is 0 Å². The second-order valence-corrected chi connectivity index (χ2v) is 2.69. The normalized spacial score (nSPS) is 16.4. The van der Waals surface area contributed by atoms with Gasteiger partial charge in [-0.05, 0) is 0 Å². The lowest BCUT2D eigenvalue weighted by Gasteiger charge is -2.34. The molecule has 0 aromatic carbocycles. The topological polar surface area (TPSA) is 58.6 Å². The van der Waals surface area contributed by atoms with Gasteiger partial charge >= 0.3 is 0 Å². The Morgan fingerprint density at radius 1 is 1.75 bits per heavy atom. The molecule has 1 aliphatic rings. The smallest absolute Gasteiger partial charge is 0.242 e. The molecule has 0 aliphatic carbocycles. The standard InChI is InChI=1S/C7H12N2O3/c1-9(6-3-12-4-6)7(11)2-8-5-10/h5-6H,2-4H2,1H3,(H,8,10). The van der Waals surface area contributed by atoms with Crippen LogP contribution in [-0.2, 0) is 14.3 Å². The lowest BCUT2D eigenvalue weighted by Crippen LogP contribution is -2.51. The molecule has 12 heavy (non-hydrogen) atoms. The number of nitrogens with zero attached hydrogens (tertiary/aromatic N) is 1. The molecule has 0 radical (unpaired) electrons. The molecule has 0 spiro atoms. The zero-order valence-corrected chi connectivity index (χ0v) is 6.95. The lowest BCUT2D eigenvalue weighted by molar-refractivity contribution is -0.141. The van der Waals surface area contributed by atoms with Crippen LogP contribution in [-0.4, -0.2) is 50.1 Å². The molecule has 1 fully saturated rings. The summed E-state index contributed by atoms with van der Waals surface area (Å²) in [5.74, 6) is -0.0876. The van der Waals surface area contributed by atoms with E-state index in [2.05, 4.69) is 5.32 Å². The number of hydrogen-bond acceptors (Lipinski definition) is 3. The van der Waals surface area contributed by atoms with Crippen LogP contribution in [0.15, 0.2) is 0 Å². The van der Waals surface area contributed by atoms with E-state index in [4.69, 9.17) is 4.74 Å². The molecule has 0 atom stereocenters. The summed E-state index contributed by atoms with van der Waals surface area (Å²) in [5.41, 5.74) is 0. The van der Waals surface area contributed by atoms with Crippen LogP contribution in [0.3, 0.4) is 0 Å². The van der Waals surface area contributed by atoms with Gasteiger partial charge in [-0.25, -0.2) is 0 Å². The maximum absolute atomic E-state index is 11.2. The average molecular weight is 172 g/mol. The monoisotopic (exact) mass is 172 g/mol. The van der Waals surface area contributed by atoms with Gasteiger partial charge < -0.3 is 15.0 Å². The Kier molecular flexibility index (Phi) is 3.04. The molecule has 0 aromatic rings. The third kappa shape index (κ3) is 1.94. The summed E-state index contributed by atoms with van der Waals surface area (Å²) >= 11 is 0. The van der Waals surface area contributed by atoms with E-state index in [1.807, 2.05) is 0 Å². The van der Waals surface area contributed by atoms with Crippen LogP contribution in [0.4, 0.5) is 0 Å². The SMILES string of the molecule is CN(C(=O)CNC=O)C1COC1. The van der Waals surface area contributed by atoms with Crippen molar-refractivity contribution in [3.8, 4) is 0 Å². The molecule has 0 bridgehead atoms. The molecule has 0 unspecified atom stereocenters. The first-order chi connectivity index (χ1) is 5.75. The van der Waals surface area contributed by atoms with Crippen LogP contribution in [0.5, 0.6) is 0 Å².